The minimum Gasteiger partial charge on any atom is -0.465 e. The van der Waals surface area contributed by atoms with Gasteiger partial charge < -0.3 is 15.7 Å². The third kappa shape index (κ3) is 2.28. The van der Waals surface area contributed by atoms with Crippen LogP contribution in [-0.4, -0.2) is 17.2 Å². The maximum atomic E-state index is 11.0. The van der Waals surface area contributed by atoms with Gasteiger partial charge >= 0.3 is 6.09 Å². The second-order valence-electron chi connectivity index (χ2n) is 5.29. The van der Waals surface area contributed by atoms with Crippen LogP contribution in [0.1, 0.15) is 32.4 Å². The van der Waals surface area contributed by atoms with E-state index in [0.29, 0.717) is 5.92 Å². The first-order valence-corrected chi connectivity index (χ1v) is 6.35. The van der Waals surface area contributed by atoms with E-state index in [1.54, 1.807) is 0 Å². The van der Waals surface area contributed by atoms with Gasteiger partial charge in [0.05, 0.1) is 6.04 Å². The first-order chi connectivity index (χ1) is 8.50. The summed E-state index contributed by atoms with van der Waals surface area (Å²) in [5, 5.41) is 15.2. The van der Waals surface area contributed by atoms with Crippen molar-refractivity contribution in [3.8, 4) is 0 Å². The van der Waals surface area contributed by atoms with Gasteiger partial charge in [-0.1, -0.05) is 39.0 Å². The van der Waals surface area contributed by atoms with Crippen molar-refractivity contribution in [2.45, 2.75) is 32.9 Å². The molecule has 0 aliphatic carbocycles. The Morgan fingerprint density at radius 3 is 2.67 bits per heavy atom. The number of amides is 1. The van der Waals surface area contributed by atoms with Crippen molar-refractivity contribution in [3.63, 3.8) is 0 Å². The molecule has 0 saturated carbocycles. The third-order valence-corrected chi connectivity index (χ3v) is 3.71. The van der Waals surface area contributed by atoms with Crippen LogP contribution in [0.4, 0.5) is 10.5 Å². The average molecular weight is 248 g/mol. The quantitative estimate of drug-likeness (QED) is 0.753. The lowest BCUT2D eigenvalue weighted by molar-refractivity contribution is 0.180. The number of rotatable bonds is 2. The molecule has 1 heterocycles. The fraction of sp³-hybridized carbons (Fsp3) is 0.500. The summed E-state index contributed by atoms with van der Waals surface area (Å²) >= 11 is 0. The molecule has 0 bridgehead atoms. The molecule has 0 spiro atoms. The Hall–Kier alpha value is -1.71. The number of anilines is 1. The van der Waals surface area contributed by atoms with Gasteiger partial charge in [-0.05, 0) is 17.5 Å². The van der Waals surface area contributed by atoms with Gasteiger partial charge in [0.15, 0.2) is 0 Å². The molecule has 0 unspecified atom stereocenters. The van der Waals surface area contributed by atoms with Crippen molar-refractivity contribution >= 4 is 11.8 Å². The molecule has 0 aromatic heterocycles. The van der Waals surface area contributed by atoms with Crippen molar-refractivity contribution in [2.24, 2.45) is 11.8 Å². The second-order valence-corrected chi connectivity index (χ2v) is 5.29. The Morgan fingerprint density at radius 2 is 2.06 bits per heavy atom. The number of fused-ring (bicyclic) bond motifs is 1. The van der Waals surface area contributed by atoms with E-state index < -0.39 is 6.09 Å². The van der Waals surface area contributed by atoms with Gasteiger partial charge in [0.2, 0.25) is 0 Å². The topological polar surface area (TPSA) is 61.4 Å². The highest BCUT2D eigenvalue weighted by Crippen LogP contribution is 2.38. The minimum atomic E-state index is -0.967. The van der Waals surface area contributed by atoms with Crippen LogP contribution in [0.5, 0.6) is 0 Å². The lowest BCUT2D eigenvalue weighted by Gasteiger charge is -2.40. The predicted molar refractivity (Wildman–Crippen MR) is 71.8 cm³/mol. The standard InChI is InChI=1S/C14H20N2O2/c1-8(2)12-9(3)13(16-14(17)18)10-6-4-5-7-11(10)15-12/h4-9,12-13,15-16H,1-3H3,(H,17,18)/t9-,12-,13+/m0/s1. The lowest BCUT2D eigenvalue weighted by atomic mass is 9.79. The number of carbonyl (C=O) groups is 1. The van der Waals surface area contributed by atoms with E-state index in [1.807, 2.05) is 24.3 Å². The molecular formula is C14H20N2O2. The minimum absolute atomic E-state index is 0.146. The van der Waals surface area contributed by atoms with Crippen molar-refractivity contribution < 1.29 is 9.90 Å². The molecule has 1 aromatic carbocycles. The zero-order chi connectivity index (χ0) is 13.3. The number of benzene rings is 1. The molecule has 3 N–H and O–H groups in total. The number of hydrogen-bond donors (Lipinski definition) is 3. The van der Waals surface area contributed by atoms with E-state index >= 15 is 0 Å². The zero-order valence-corrected chi connectivity index (χ0v) is 11.0. The first kappa shape index (κ1) is 12.7. The van der Waals surface area contributed by atoms with Crippen LogP contribution in [-0.2, 0) is 0 Å². The number of para-hydroxylation sites is 1. The second kappa shape index (κ2) is 4.88. The first-order valence-electron chi connectivity index (χ1n) is 6.35. The molecule has 2 rings (SSSR count). The van der Waals surface area contributed by atoms with Gasteiger partial charge in [0, 0.05) is 17.6 Å². The van der Waals surface area contributed by atoms with Gasteiger partial charge in [-0.2, -0.15) is 0 Å². The van der Waals surface area contributed by atoms with Crippen LogP contribution in [0.15, 0.2) is 24.3 Å². The molecular weight excluding hydrogens is 228 g/mol. The Morgan fingerprint density at radius 1 is 1.39 bits per heavy atom. The SMILES string of the molecule is CC(C)[C@@H]1Nc2ccccc2[C@H](NC(=O)O)[C@H]1C. The summed E-state index contributed by atoms with van der Waals surface area (Å²) in [4.78, 5) is 11.0. The molecule has 1 aliphatic heterocycles. The number of carboxylic acid groups (broad SMARTS) is 1. The Bertz CT molecular complexity index is 445. The molecule has 3 atom stereocenters. The van der Waals surface area contributed by atoms with E-state index in [9.17, 15) is 4.79 Å². The summed E-state index contributed by atoms with van der Waals surface area (Å²) in [6, 6.07) is 8.03. The smallest absolute Gasteiger partial charge is 0.405 e. The summed E-state index contributed by atoms with van der Waals surface area (Å²) in [6.45, 7) is 6.40. The molecule has 0 fully saturated rings. The zero-order valence-electron chi connectivity index (χ0n) is 11.0. The molecule has 4 heteroatoms. The highest BCUT2D eigenvalue weighted by molar-refractivity contribution is 5.67. The highest BCUT2D eigenvalue weighted by atomic mass is 16.4. The van der Waals surface area contributed by atoms with E-state index in [-0.39, 0.29) is 18.0 Å². The van der Waals surface area contributed by atoms with E-state index in [2.05, 4.69) is 31.4 Å². The monoisotopic (exact) mass is 248 g/mol. The van der Waals surface area contributed by atoms with Gasteiger partial charge in [-0.3, -0.25) is 0 Å². The van der Waals surface area contributed by atoms with E-state index in [4.69, 9.17) is 5.11 Å². The van der Waals surface area contributed by atoms with Gasteiger partial charge in [-0.25, -0.2) is 4.79 Å². The summed E-state index contributed by atoms with van der Waals surface area (Å²) in [7, 11) is 0. The fourth-order valence-electron chi connectivity index (χ4n) is 2.82. The molecule has 1 aliphatic rings. The largest absolute Gasteiger partial charge is 0.465 e. The molecule has 0 saturated heterocycles. The molecule has 18 heavy (non-hydrogen) atoms. The third-order valence-electron chi connectivity index (χ3n) is 3.71. The van der Waals surface area contributed by atoms with Gasteiger partial charge in [0.25, 0.3) is 0 Å². The van der Waals surface area contributed by atoms with Crippen molar-refractivity contribution in [3.05, 3.63) is 29.8 Å². The summed E-state index contributed by atoms with van der Waals surface area (Å²) in [5.41, 5.74) is 2.07. The Kier molecular flexibility index (Phi) is 3.45. The van der Waals surface area contributed by atoms with Gasteiger partial charge in [0.1, 0.15) is 0 Å². The molecule has 1 aromatic rings. The maximum absolute atomic E-state index is 11.0. The average Bonchev–Trinajstić information content (AvgIpc) is 2.31. The van der Waals surface area contributed by atoms with Crippen LogP contribution in [0.3, 0.4) is 0 Å². The van der Waals surface area contributed by atoms with Crippen molar-refractivity contribution in [2.75, 3.05) is 5.32 Å². The normalized spacial score (nSPS) is 26.3. The van der Waals surface area contributed by atoms with Crippen LogP contribution in [0.2, 0.25) is 0 Å². The number of nitrogens with one attached hydrogen (secondary N) is 2. The van der Waals surface area contributed by atoms with Crippen LogP contribution >= 0.6 is 0 Å². The maximum Gasteiger partial charge on any atom is 0.405 e. The summed E-state index contributed by atoms with van der Waals surface area (Å²) in [5.74, 6) is 0.669. The predicted octanol–water partition coefficient (Wildman–Crippen LogP) is 3.08. The lowest BCUT2D eigenvalue weighted by Crippen LogP contribution is -2.45. The molecule has 98 valence electrons. The molecule has 4 nitrogen and oxygen atoms in total. The Labute approximate surface area is 107 Å². The van der Waals surface area contributed by atoms with E-state index in [1.165, 1.54) is 0 Å². The summed E-state index contributed by atoms with van der Waals surface area (Å²) in [6.07, 6.45) is -0.967. The molecule has 1 amide bonds. The molecule has 0 radical (unpaired) electrons. The van der Waals surface area contributed by atoms with Crippen LogP contribution < -0.4 is 10.6 Å². The fourth-order valence-corrected chi connectivity index (χ4v) is 2.82. The van der Waals surface area contributed by atoms with Gasteiger partial charge in [-0.15, -0.1) is 0 Å². The summed E-state index contributed by atoms with van der Waals surface area (Å²) < 4.78 is 0. The van der Waals surface area contributed by atoms with Crippen LogP contribution in [0, 0.1) is 11.8 Å². The van der Waals surface area contributed by atoms with Crippen molar-refractivity contribution in [1.29, 1.82) is 0 Å². The number of hydrogen-bond acceptors (Lipinski definition) is 2. The van der Waals surface area contributed by atoms with E-state index in [0.717, 1.165) is 11.3 Å². The van der Waals surface area contributed by atoms with Crippen molar-refractivity contribution in [1.82, 2.24) is 5.32 Å². The van der Waals surface area contributed by atoms with Crippen LogP contribution in [0.25, 0.3) is 0 Å². The highest BCUT2D eigenvalue weighted by Gasteiger charge is 2.35. The Balaban J connectivity index is 2.38.